The standard InChI is InChI=1S/C17H20N2O3/c1-2-5-18-16(3-1)22-13-17-11-19(7-14-4-6-20-9-14)8-15(17)10-21-12-17/h1-6,9,15H,7-8,10-13H2/t15-,17+/m0/s1. The molecule has 2 saturated heterocycles. The molecule has 0 spiro atoms. The lowest BCUT2D eigenvalue weighted by Gasteiger charge is -2.26. The third kappa shape index (κ3) is 2.62. The van der Waals surface area contributed by atoms with Crippen LogP contribution in [0.4, 0.5) is 0 Å². The Morgan fingerprint density at radius 2 is 2.36 bits per heavy atom. The van der Waals surface area contributed by atoms with Gasteiger partial charge in [0.15, 0.2) is 0 Å². The summed E-state index contributed by atoms with van der Waals surface area (Å²) in [6.45, 7) is 5.24. The smallest absolute Gasteiger partial charge is 0.213 e. The van der Waals surface area contributed by atoms with Gasteiger partial charge in [-0.2, -0.15) is 0 Å². The van der Waals surface area contributed by atoms with Gasteiger partial charge >= 0.3 is 0 Å². The molecule has 2 aliphatic heterocycles. The summed E-state index contributed by atoms with van der Waals surface area (Å²) in [5, 5.41) is 0. The van der Waals surface area contributed by atoms with Gasteiger partial charge in [0.2, 0.25) is 5.88 Å². The lowest BCUT2D eigenvalue weighted by atomic mass is 9.82. The molecule has 0 aromatic carbocycles. The quantitative estimate of drug-likeness (QED) is 0.847. The number of ether oxygens (including phenoxy) is 2. The maximum atomic E-state index is 5.94. The summed E-state index contributed by atoms with van der Waals surface area (Å²) in [6.07, 6.45) is 5.31. The fourth-order valence-corrected chi connectivity index (χ4v) is 3.56. The Kier molecular flexibility index (Phi) is 3.60. The minimum atomic E-state index is 0.0846. The minimum absolute atomic E-state index is 0.0846. The number of likely N-dealkylation sites (tertiary alicyclic amines) is 1. The van der Waals surface area contributed by atoms with E-state index in [1.165, 1.54) is 5.56 Å². The Hall–Kier alpha value is -1.85. The zero-order chi connectivity index (χ0) is 14.8. The predicted molar refractivity (Wildman–Crippen MR) is 80.5 cm³/mol. The fraction of sp³-hybridized carbons (Fsp3) is 0.471. The summed E-state index contributed by atoms with van der Waals surface area (Å²) in [5.41, 5.74) is 1.31. The van der Waals surface area contributed by atoms with Crippen molar-refractivity contribution >= 4 is 0 Å². The normalized spacial score (nSPS) is 27.9. The molecule has 0 saturated carbocycles. The van der Waals surface area contributed by atoms with Crippen LogP contribution in [0, 0.1) is 11.3 Å². The first-order valence-corrected chi connectivity index (χ1v) is 7.69. The van der Waals surface area contributed by atoms with Crippen molar-refractivity contribution in [1.29, 1.82) is 0 Å². The van der Waals surface area contributed by atoms with E-state index in [9.17, 15) is 0 Å². The number of rotatable bonds is 5. The second-order valence-electron chi connectivity index (χ2n) is 6.33. The van der Waals surface area contributed by atoms with Crippen molar-refractivity contribution in [3.63, 3.8) is 0 Å². The molecule has 116 valence electrons. The number of hydrogen-bond acceptors (Lipinski definition) is 5. The zero-order valence-corrected chi connectivity index (χ0v) is 12.5. The van der Waals surface area contributed by atoms with Gasteiger partial charge in [-0.1, -0.05) is 6.07 Å². The van der Waals surface area contributed by atoms with Crippen LogP contribution >= 0.6 is 0 Å². The van der Waals surface area contributed by atoms with E-state index in [4.69, 9.17) is 13.9 Å². The summed E-state index contributed by atoms with van der Waals surface area (Å²) in [6, 6.07) is 7.78. The summed E-state index contributed by atoms with van der Waals surface area (Å²) in [4.78, 5) is 6.71. The molecule has 22 heavy (non-hydrogen) atoms. The van der Waals surface area contributed by atoms with Gasteiger partial charge in [0.05, 0.1) is 32.3 Å². The van der Waals surface area contributed by atoms with E-state index >= 15 is 0 Å². The van der Waals surface area contributed by atoms with Crippen LogP contribution in [0.2, 0.25) is 0 Å². The molecule has 2 fully saturated rings. The Morgan fingerprint density at radius 1 is 1.36 bits per heavy atom. The largest absolute Gasteiger partial charge is 0.477 e. The van der Waals surface area contributed by atoms with Gasteiger partial charge in [-0.05, 0) is 12.1 Å². The number of furan rings is 1. The molecule has 4 heterocycles. The van der Waals surface area contributed by atoms with Gasteiger partial charge in [-0.25, -0.2) is 4.98 Å². The monoisotopic (exact) mass is 300 g/mol. The molecule has 0 amide bonds. The zero-order valence-electron chi connectivity index (χ0n) is 12.5. The van der Waals surface area contributed by atoms with Crippen molar-refractivity contribution in [2.45, 2.75) is 6.54 Å². The molecule has 2 aromatic heterocycles. The highest BCUT2D eigenvalue weighted by atomic mass is 16.5. The summed E-state index contributed by atoms with van der Waals surface area (Å²) in [7, 11) is 0. The van der Waals surface area contributed by atoms with Crippen LogP contribution in [0.5, 0.6) is 5.88 Å². The van der Waals surface area contributed by atoms with E-state index in [1.54, 1.807) is 12.5 Å². The van der Waals surface area contributed by atoms with Gasteiger partial charge in [-0.3, -0.25) is 4.90 Å². The first-order chi connectivity index (χ1) is 10.8. The molecule has 0 unspecified atom stereocenters. The van der Waals surface area contributed by atoms with Gasteiger partial charge < -0.3 is 13.9 Å². The van der Waals surface area contributed by atoms with Gasteiger partial charge in [0, 0.05) is 48.8 Å². The second-order valence-corrected chi connectivity index (χ2v) is 6.33. The first kappa shape index (κ1) is 13.8. The number of fused-ring (bicyclic) bond motifs is 1. The van der Waals surface area contributed by atoms with Crippen molar-refractivity contribution < 1.29 is 13.9 Å². The number of nitrogens with zero attached hydrogens (tertiary/aromatic N) is 2. The first-order valence-electron chi connectivity index (χ1n) is 7.69. The van der Waals surface area contributed by atoms with Crippen LogP contribution in [-0.4, -0.2) is 42.8 Å². The van der Waals surface area contributed by atoms with Crippen molar-refractivity contribution in [1.82, 2.24) is 9.88 Å². The molecule has 2 atom stereocenters. The minimum Gasteiger partial charge on any atom is -0.477 e. The predicted octanol–water partition coefficient (Wildman–Crippen LogP) is 2.20. The third-order valence-electron chi connectivity index (χ3n) is 4.72. The van der Waals surface area contributed by atoms with Gasteiger partial charge in [0.25, 0.3) is 0 Å². The van der Waals surface area contributed by atoms with E-state index in [1.807, 2.05) is 30.5 Å². The molecule has 2 aromatic rings. The van der Waals surface area contributed by atoms with Crippen molar-refractivity contribution in [2.75, 3.05) is 32.9 Å². The Balaban J connectivity index is 1.42. The molecule has 2 aliphatic rings. The molecule has 4 rings (SSSR count). The summed E-state index contributed by atoms with van der Waals surface area (Å²) < 4.78 is 16.8. The van der Waals surface area contributed by atoms with Crippen molar-refractivity contribution in [2.24, 2.45) is 11.3 Å². The molecular weight excluding hydrogens is 280 g/mol. The molecule has 0 aliphatic carbocycles. The highest BCUT2D eigenvalue weighted by molar-refractivity contribution is 5.11. The van der Waals surface area contributed by atoms with E-state index in [2.05, 4.69) is 9.88 Å². The lowest BCUT2D eigenvalue weighted by molar-refractivity contribution is 0.0881. The number of hydrogen-bond donors (Lipinski definition) is 0. The van der Waals surface area contributed by atoms with Gasteiger partial charge in [0.1, 0.15) is 0 Å². The Labute approximate surface area is 129 Å². The lowest BCUT2D eigenvalue weighted by Crippen LogP contribution is -2.37. The van der Waals surface area contributed by atoms with E-state index in [-0.39, 0.29) is 5.41 Å². The molecule has 5 nitrogen and oxygen atoms in total. The highest BCUT2D eigenvalue weighted by Gasteiger charge is 2.51. The fourth-order valence-electron chi connectivity index (χ4n) is 3.56. The van der Waals surface area contributed by atoms with Gasteiger partial charge in [-0.15, -0.1) is 0 Å². The maximum absolute atomic E-state index is 5.94. The molecule has 0 N–H and O–H groups in total. The Bertz CT molecular complexity index is 602. The molecule has 0 radical (unpaired) electrons. The maximum Gasteiger partial charge on any atom is 0.213 e. The Morgan fingerprint density at radius 3 is 3.18 bits per heavy atom. The average Bonchev–Trinajstić information content (AvgIpc) is 3.23. The van der Waals surface area contributed by atoms with Crippen LogP contribution in [0.3, 0.4) is 0 Å². The SMILES string of the molecule is c1ccc(OC[C@@]23COC[C@@H]2CN(Cc2ccoc2)C3)nc1. The van der Waals surface area contributed by atoms with E-state index < -0.39 is 0 Å². The van der Waals surface area contributed by atoms with Crippen LogP contribution in [0.1, 0.15) is 5.56 Å². The molecular formula is C17H20N2O3. The van der Waals surface area contributed by atoms with Crippen LogP contribution in [0.25, 0.3) is 0 Å². The van der Waals surface area contributed by atoms with Crippen molar-refractivity contribution in [3.8, 4) is 5.88 Å². The average molecular weight is 300 g/mol. The van der Waals surface area contributed by atoms with E-state index in [0.717, 1.165) is 32.8 Å². The van der Waals surface area contributed by atoms with Crippen LogP contribution in [-0.2, 0) is 11.3 Å². The summed E-state index contributed by atoms with van der Waals surface area (Å²) in [5.74, 6) is 1.22. The van der Waals surface area contributed by atoms with Crippen molar-refractivity contribution in [3.05, 3.63) is 48.6 Å². The number of aromatic nitrogens is 1. The van der Waals surface area contributed by atoms with E-state index in [0.29, 0.717) is 18.4 Å². The van der Waals surface area contributed by atoms with Crippen LogP contribution < -0.4 is 4.74 Å². The number of pyridine rings is 1. The molecule has 0 bridgehead atoms. The second kappa shape index (κ2) is 5.74. The molecule has 5 heteroatoms. The third-order valence-corrected chi connectivity index (χ3v) is 4.72. The topological polar surface area (TPSA) is 47.7 Å². The summed E-state index contributed by atoms with van der Waals surface area (Å²) >= 11 is 0. The highest BCUT2D eigenvalue weighted by Crippen LogP contribution is 2.42. The van der Waals surface area contributed by atoms with Crippen LogP contribution in [0.15, 0.2) is 47.4 Å².